The quantitative estimate of drug-likeness (QED) is 0.480. The summed E-state index contributed by atoms with van der Waals surface area (Å²) in [6.45, 7) is 3.31. The Balaban J connectivity index is 1.62. The van der Waals surface area contributed by atoms with Crippen LogP contribution in [-0.4, -0.2) is 39.8 Å². The molecule has 1 atom stereocenters. The summed E-state index contributed by atoms with van der Waals surface area (Å²) >= 11 is 0. The highest BCUT2D eigenvalue weighted by atomic mass is 32.2. The van der Waals surface area contributed by atoms with E-state index in [1.165, 1.54) is 36.8 Å². The Morgan fingerprint density at radius 2 is 1.81 bits per heavy atom. The number of halogens is 1. The van der Waals surface area contributed by atoms with Crippen molar-refractivity contribution in [1.82, 2.24) is 25.1 Å². The van der Waals surface area contributed by atoms with Crippen molar-refractivity contribution in [2.24, 2.45) is 0 Å². The van der Waals surface area contributed by atoms with Crippen molar-refractivity contribution in [1.29, 1.82) is 0 Å². The van der Waals surface area contributed by atoms with Crippen LogP contribution < -0.4 is 5.32 Å². The van der Waals surface area contributed by atoms with E-state index in [0.29, 0.717) is 27.7 Å². The largest absolute Gasteiger partial charge is 0.345 e. The van der Waals surface area contributed by atoms with Crippen molar-refractivity contribution in [2.75, 3.05) is 5.75 Å². The fourth-order valence-corrected chi connectivity index (χ4v) is 4.15. The number of amides is 1. The summed E-state index contributed by atoms with van der Waals surface area (Å²) in [7, 11) is -3.41. The zero-order valence-electron chi connectivity index (χ0n) is 17.4. The van der Waals surface area contributed by atoms with Crippen molar-refractivity contribution in [2.45, 2.75) is 24.8 Å². The highest BCUT2D eigenvalue weighted by molar-refractivity contribution is 7.91. The first kappa shape index (κ1) is 21.6. The zero-order valence-corrected chi connectivity index (χ0v) is 18.2. The number of pyridine rings is 2. The van der Waals surface area contributed by atoms with Crippen LogP contribution in [0, 0.1) is 5.82 Å². The van der Waals surface area contributed by atoms with Crippen molar-refractivity contribution in [3.05, 3.63) is 78.3 Å². The molecule has 0 radical (unpaired) electrons. The number of nitrogens with zero attached hydrogens (tertiary/aromatic N) is 4. The van der Waals surface area contributed by atoms with Crippen LogP contribution in [0.3, 0.4) is 0 Å². The van der Waals surface area contributed by atoms with E-state index in [9.17, 15) is 17.6 Å². The topological polar surface area (TPSA) is 107 Å². The van der Waals surface area contributed by atoms with Gasteiger partial charge in [0.2, 0.25) is 0 Å². The minimum atomic E-state index is -3.41. The number of hydrogen-bond acceptors (Lipinski definition) is 6. The molecule has 0 spiro atoms. The molecule has 0 saturated heterocycles. The molecule has 0 bridgehead atoms. The van der Waals surface area contributed by atoms with Gasteiger partial charge in [-0.3, -0.25) is 14.8 Å². The molecule has 0 fully saturated rings. The Morgan fingerprint density at radius 1 is 1.09 bits per heavy atom. The Hall–Kier alpha value is -3.66. The van der Waals surface area contributed by atoms with Crippen LogP contribution in [0.15, 0.2) is 66.2 Å². The molecule has 0 aliphatic carbocycles. The third-order valence-corrected chi connectivity index (χ3v) is 6.84. The normalized spacial score (nSPS) is 12.6. The van der Waals surface area contributed by atoms with Crippen molar-refractivity contribution in [3.63, 3.8) is 0 Å². The molecule has 0 saturated carbocycles. The highest BCUT2D eigenvalue weighted by Crippen LogP contribution is 2.22. The molecule has 4 rings (SSSR count). The SMILES string of the molecule is CCS(=O)(=O)c1cncc([C@H](C)NC(=O)c2cncc3c2cnn3-c2ccc(F)cc2)c1. The summed E-state index contributed by atoms with van der Waals surface area (Å²) in [4.78, 5) is 21.3. The first-order valence-corrected chi connectivity index (χ1v) is 11.5. The number of benzene rings is 1. The molecule has 8 nitrogen and oxygen atoms in total. The smallest absolute Gasteiger partial charge is 0.254 e. The maximum Gasteiger partial charge on any atom is 0.254 e. The molecular weight excluding hydrogens is 433 g/mol. The first-order chi connectivity index (χ1) is 15.3. The lowest BCUT2D eigenvalue weighted by Gasteiger charge is -2.15. The fraction of sp³-hybridized carbons (Fsp3) is 0.182. The maximum atomic E-state index is 13.3. The number of carbonyl (C=O) groups excluding carboxylic acids is 1. The molecule has 3 aromatic heterocycles. The Bertz CT molecular complexity index is 1400. The minimum absolute atomic E-state index is 0.0371. The van der Waals surface area contributed by atoms with Gasteiger partial charge in [0.1, 0.15) is 5.82 Å². The second-order valence-electron chi connectivity index (χ2n) is 7.21. The number of sulfone groups is 1. The lowest BCUT2D eigenvalue weighted by molar-refractivity contribution is 0.0941. The van der Waals surface area contributed by atoms with Crippen LogP contribution >= 0.6 is 0 Å². The van der Waals surface area contributed by atoms with Gasteiger partial charge in [0.05, 0.1) is 45.9 Å². The van der Waals surface area contributed by atoms with Gasteiger partial charge in [-0.05, 0) is 42.8 Å². The van der Waals surface area contributed by atoms with Crippen molar-refractivity contribution in [3.8, 4) is 5.69 Å². The molecule has 10 heteroatoms. The van der Waals surface area contributed by atoms with Gasteiger partial charge in [-0.2, -0.15) is 5.10 Å². The highest BCUT2D eigenvalue weighted by Gasteiger charge is 2.19. The Kier molecular flexibility index (Phi) is 5.70. The van der Waals surface area contributed by atoms with Gasteiger partial charge in [-0.25, -0.2) is 17.5 Å². The Morgan fingerprint density at radius 3 is 2.53 bits per heavy atom. The van der Waals surface area contributed by atoms with Gasteiger partial charge in [0.15, 0.2) is 9.84 Å². The molecule has 4 aromatic rings. The van der Waals surface area contributed by atoms with Crippen LogP contribution in [0.2, 0.25) is 0 Å². The maximum absolute atomic E-state index is 13.3. The average Bonchev–Trinajstić information content (AvgIpc) is 3.24. The third kappa shape index (κ3) is 4.09. The lowest BCUT2D eigenvalue weighted by Crippen LogP contribution is -2.27. The lowest BCUT2D eigenvalue weighted by atomic mass is 10.1. The molecule has 0 aliphatic heterocycles. The molecule has 1 amide bonds. The van der Waals surface area contributed by atoms with E-state index in [1.54, 1.807) is 43.1 Å². The summed E-state index contributed by atoms with van der Waals surface area (Å²) < 4.78 is 39.1. The molecule has 1 N–H and O–H groups in total. The van der Waals surface area contributed by atoms with Crippen LogP contribution in [0.1, 0.15) is 35.8 Å². The van der Waals surface area contributed by atoms with E-state index in [2.05, 4.69) is 20.4 Å². The fourth-order valence-electron chi connectivity index (χ4n) is 3.28. The van der Waals surface area contributed by atoms with Gasteiger partial charge in [0, 0.05) is 24.0 Å². The minimum Gasteiger partial charge on any atom is -0.345 e. The number of nitrogens with one attached hydrogen (secondary N) is 1. The predicted octanol–water partition coefficient (Wildman–Crippen LogP) is 3.24. The van der Waals surface area contributed by atoms with E-state index in [4.69, 9.17) is 0 Å². The van der Waals surface area contributed by atoms with E-state index in [-0.39, 0.29) is 16.5 Å². The second kappa shape index (κ2) is 8.46. The molecule has 1 aromatic carbocycles. The molecule has 3 heterocycles. The van der Waals surface area contributed by atoms with E-state index < -0.39 is 21.8 Å². The van der Waals surface area contributed by atoms with E-state index in [0.717, 1.165) is 0 Å². The van der Waals surface area contributed by atoms with Crippen LogP contribution in [0.4, 0.5) is 4.39 Å². The molecular formula is C22H20FN5O3S. The standard InChI is InChI=1S/C22H20FN5O3S/c1-3-32(30,31)18-8-15(9-24-10-18)14(2)27-22(29)20-11-25-13-21-19(20)12-26-28(21)17-6-4-16(23)5-7-17/h4-14H,3H2,1-2H3,(H,27,29)/t14-/m0/s1. The number of rotatable bonds is 6. The number of hydrogen-bond donors (Lipinski definition) is 1. The summed E-state index contributed by atoms with van der Waals surface area (Å²) in [6, 6.07) is 6.85. The van der Waals surface area contributed by atoms with Gasteiger partial charge in [0.25, 0.3) is 5.91 Å². The van der Waals surface area contributed by atoms with E-state index >= 15 is 0 Å². The third-order valence-electron chi connectivity index (χ3n) is 5.13. The number of fused-ring (bicyclic) bond motifs is 1. The van der Waals surface area contributed by atoms with Crippen molar-refractivity contribution < 1.29 is 17.6 Å². The second-order valence-corrected chi connectivity index (χ2v) is 9.48. The molecule has 0 aliphatic rings. The van der Waals surface area contributed by atoms with E-state index in [1.807, 2.05) is 0 Å². The summed E-state index contributed by atoms with van der Waals surface area (Å²) in [5.41, 5.74) is 2.10. The van der Waals surface area contributed by atoms with Crippen LogP contribution in [0.25, 0.3) is 16.6 Å². The summed E-state index contributed by atoms with van der Waals surface area (Å²) in [5, 5.41) is 7.76. The first-order valence-electron chi connectivity index (χ1n) is 9.86. The van der Waals surface area contributed by atoms with Gasteiger partial charge < -0.3 is 5.32 Å². The predicted molar refractivity (Wildman–Crippen MR) is 117 cm³/mol. The van der Waals surface area contributed by atoms with Gasteiger partial charge in [-0.1, -0.05) is 6.92 Å². The zero-order chi connectivity index (χ0) is 22.9. The number of aromatic nitrogens is 4. The summed E-state index contributed by atoms with van der Waals surface area (Å²) in [5.74, 6) is -0.786. The van der Waals surface area contributed by atoms with Gasteiger partial charge in [-0.15, -0.1) is 0 Å². The molecule has 164 valence electrons. The molecule has 32 heavy (non-hydrogen) atoms. The van der Waals surface area contributed by atoms with Gasteiger partial charge >= 0.3 is 0 Å². The number of carbonyl (C=O) groups is 1. The summed E-state index contributed by atoms with van der Waals surface area (Å²) in [6.07, 6.45) is 7.39. The van der Waals surface area contributed by atoms with Crippen LogP contribution in [0.5, 0.6) is 0 Å². The van der Waals surface area contributed by atoms with Crippen LogP contribution in [-0.2, 0) is 9.84 Å². The Labute approximate surface area is 184 Å². The van der Waals surface area contributed by atoms with Crippen molar-refractivity contribution >= 4 is 26.6 Å². The monoisotopic (exact) mass is 453 g/mol. The average molecular weight is 453 g/mol. The molecule has 0 unspecified atom stereocenters.